The first kappa shape index (κ1) is 20.2. The summed E-state index contributed by atoms with van der Waals surface area (Å²) < 4.78 is 2.05. The van der Waals surface area contributed by atoms with E-state index >= 15 is 0 Å². The van der Waals surface area contributed by atoms with Gasteiger partial charge in [0.2, 0.25) is 5.91 Å². The zero-order valence-electron chi connectivity index (χ0n) is 16.6. The minimum Gasteiger partial charge on any atom is -0.356 e. The van der Waals surface area contributed by atoms with Crippen molar-refractivity contribution in [3.8, 4) is 0 Å². The molecule has 0 bridgehead atoms. The van der Waals surface area contributed by atoms with Gasteiger partial charge in [-0.25, -0.2) is 0 Å². The van der Waals surface area contributed by atoms with E-state index in [4.69, 9.17) is 0 Å². The molecule has 26 heavy (non-hydrogen) atoms. The Kier molecular flexibility index (Phi) is 7.90. The summed E-state index contributed by atoms with van der Waals surface area (Å²) in [6.07, 6.45) is 0.996. The normalized spacial score (nSPS) is 16.0. The number of piperazine rings is 1. The predicted molar refractivity (Wildman–Crippen MR) is 104 cm³/mol. The van der Waals surface area contributed by atoms with Gasteiger partial charge < -0.3 is 15.5 Å². The molecule has 1 aromatic heterocycles. The van der Waals surface area contributed by atoms with Crippen LogP contribution in [0.5, 0.6) is 0 Å². The molecule has 1 aliphatic rings. The number of carbonyl (C=O) groups excluding carboxylic acids is 1. The Labute approximate surface area is 156 Å². The summed E-state index contributed by atoms with van der Waals surface area (Å²) in [5.74, 6) is 1.01. The molecule has 0 aromatic carbocycles. The van der Waals surface area contributed by atoms with Crippen molar-refractivity contribution in [2.75, 3.05) is 52.9 Å². The van der Waals surface area contributed by atoms with Crippen molar-refractivity contribution in [2.24, 2.45) is 4.99 Å². The molecule has 2 N–H and O–H groups in total. The van der Waals surface area contributed by atoms with Gasteiger partial charge in [-0.2, -0.15) is 5.10 Å². The van der Waals surface area contributed by atoms with Gasteiger partial charge in [-0.3, -0.25) is 19.4 Å². The number of guanidine groups is 1. The molecule has 0 saturated carbocycles. The monoisotopic (exact) mass is 363 g/mol. The van der Waals surface area contributed by atoms with Gasteiger partial charge in [0.25, 0.3) is 0 Å². The second kappa shape index (κ2) is 10.2. The van der Waals surface area contributed by atoms with Crippen molar-refractivity contribution in [3.05, 3.63) is 17.5 Å². The molecule has 8 heteroatoms. The van der Waals surface area contributed by atoms with Crippen LogP contribution in [0.15, 0.2) is 11.1 Å². The number of amides is 1. The molecule has 1 aromatic rings. The first-order chi connectivity index (χ1) is 12.5. The number of hydrogen-bond donors (Lipinski definition) is 2. The van der Waals surface area contributed by atoms with Gasteiger partial charge in [0.05, 0.1) is 5.69 Å². The maximum atomic E-state index is 11.3. The van der Waals surface area contributed by atoms with Gasteiger partial charge in [-0.05, 0) is 26.3 Å². The van der Waals surface area contributed by atoms with Gasteiger partial charge in [-0.1, -0.05) is 0 Å². The lowest BCUT2D eigenvalue weighted by molar-refractivity contribution is -0.130. The lowest BCUT2D eigenvalue weighted by atomic mass is 10.3. The van der Waals surface area contributed by atoms with E-state index < -0.39 is 0 Å². The number of aliphatic imine (C=N–C) groups is 1. The number of aryl methyl sites for hydroxylation is 3. The Morgan fingerprint density at radius 1 is 1.15 bits per heavy atom. The first-order valence-electron chi connectivity index (χ1n) is 9.43. The lowest BCUT2D eigenvalue weighted by Gasteiger charge is -2.34. The zero-order chi connectivity index (χ0) is 18.9. The number of hydrogen-bond acceptors (Lipinski definition) is 4. The highest BCUT2D eigenvalue weighted by molar-refractivity contribution is 5.79. The topological polar surface area (TPSA) is 77.8 Å². The van der Waals surface area contributed by atoms with E-state index in [2.05, 4.69) is 38.6 Å². The smallest absolute Gasteiger partial charge is 0.219 e. The van der Waals surface area contributed by atoms with Gasteiger partial charge in [-0.15, -0.1) is 0 Å². The number of carbonyl (C=O) groups is 1. The van der Waals surface area contributed by atoms with Crippen molar-refractivity contribution in [2.45, 2.75) is 33.7 Å². The van der Waals surface area contributed by atoms with Gasteiger partial charge in [0, 0.05) is 72.0 Å². The number of nitrogens with zero attached hydrogens (tertiary/aromatic N) is 5. The summed E-state index contributed by atoms with van der Waals surface area (Å²) in [6, 6.07) is 2.10. The largest absolute Gasteiger partial charge is 0.356 e. The quantitative estimate of drug-likeness (QED) is 0.412. The van der Waals surface area contributed by atoms with Crippen LogP contribution in [-0.2, 0) is 11.3 Å². The molecule has 1 saturated heterocycles. The molecule has 0 radical (unpaired) electrons. The predicted octanol–water partition coefficient (Wildman–Crippen LogP) is 0.219. The third kappa shape index (κ3) is 6.33. The van der Waals surface area contributed by atoms with E-state index in [-0.39, 0.29) is 5.91 Å². The third-order valence-corrected chi connectivity index (χ3v) is 4.70. The molecule has 0 spiro atoms. The van der Waals surface area contributed by atoms with Crippen molar-refractivity contribution in [3.63, 3.8) is 0 Å². The van der Waals surface area contributed by atoms with Crippen LogP contribution in [0.3, 0.4) is 0 Å². The Bertz CT molecular complexity index is 603. The fourth-order valence-corrected chi connectivity index (χ4v) is 3.18. The SMILES string of the molecule is CN=C(NCCCn1nc(C)cc1C)NCCN1CCN(C(C)=O)CC1. The molecule has 2 heterocycles. The lowest BCUT2D eigenvalue weighted by Crippen LogP contribution is -2.50. The van der Waals surface area contributed by atoms with Crippen molar-refractivity contribution in [1.82, 2.24) is 30.2 Å². The summed E-state index contributed by atoms with van der Waals surface area (Å²) in [4.78, 5) is 19.9. The average Bonchev–Trinajstić information content (AvgIpc) is 2.94. The fourth-order valence-electron chi connectivity index (χ4n) is 3.18. The summed E-state index contributed by atoms with van der Waals surface area (Å²) in [5, 5.41) is 11.2. The van der Waals surface area contributed by atoms with Crippen LogP contribution in [0.1, 0.15) is 24.7 Å². The standard InChI is InChI=1S/C18H33N7O/c1-15-14-16(2)25(22-15)8-5-6-20-18(19-4)21-7-9-23-10-12-24(13-11-23)17(3)26/h14H,5-13H2,1-4H3,(H2,19,20,21). The first-order valence-corrected chi connectivity index (χ1v) is 9.43. The summed E-state index contributed by atoms with van der Waals surface area (Å²) in [7, 11) is 1.79. The van der Waals surface area contributed by atoms with Crippen LogP contribution in [0.25, 0.3) is 0 Å². The molecule has 8 nitrogen and oxygen atoms in total. The number of rotatable bonds is 7. The molecule has 0 atom stereocenters. The Balaban J connectivity index is 1.58. The fraction of sp³-hybridized carbons (Fsp3) is 0.722. The van der Waals surface area contributed by atoms with Crippen molar-refractivity contribution < 1.29 is 4.79 Å². The van der Waals surface area contributed by atoms with E-state index in [1.54, 1.807) is 14.0 Å². The highest BCUT2D eigenvalue weighted by Gasteiger charge is 2.17. The maximum Gasteiger partial charge on any atom is 0.219 e. The van der Waals surface area contributed by atoms with Crippen LogP contribution in [0.4, 0.5) is 0 Å². The zero-order valence-corrected chi connectivity index (χ0v) is 16.6. The van der Waals surface area contributed by atoms with Crippen LogP contribution in [0, 0.1) is 13.8 Å². The summed E-state index contributed by atoms with van der Waals surface area (Å²) in [6.45, 7) is 12.9. The Morgan fingerprint density at radius 3 is 2.42 bits per heavy atom. The molecule has 146 valence electrons. The van der Waals surface area contributed by atoms with Gasteiger partial charge >= 0.3 is 0 Å². The highest BCUT2D eigenvalue weighted by atomic mass is 16.2. The Hall–Kier alpha value is -2.09. The van der Waals surface area contributed by atoms with Crippen molar-refractivity contribution in [1.29, 1.82) is 0 Å². The summed E-state index contributed by atoms with van der Waals surface area (Å²) in [5.41, 5.74) is 2.27. The second-order valence-corrected chi connectivity index (χ2v) is 6.78. The molecule has 1 aliphatic heterocycles. The summed E-state index contributed by atoms with van der Waals surface area (Å²) >= 11 is 0. The number of nitrogens with one attached hydrogen (secondary N) is 2. The third-order valence-electron chi connectivity index (χ3n) is 4.70. The van der Waals surface area contributed by atoms with E-state index in [0.29, 0.717) is 0 Å². The molecule has 0 aliphatic carbocycles. The van der Waals surface area contributed by atoms with Gasteiger partial charge in [0.15, 0.2) is 5.96 Å². The van der Waals surface area contributed by atoms with Crippen molar-refractivity contribution >= 4 is 11.9 Å². The van der Waals surface area contributed by atoms with Crippen LogP contribution in [0.2, 0.25) is 0 Å². The average molecular weight is 364 g/mol. The van der Waals surface area contributed by atoms with E-state index in [1.165, 1.54) is 5.69 Å². The van der Waals surface area contributed by atoms with E-state index in [9.17, 15) is 4.79 Å². The van der Waals surface area contributed by atoms with Crippen LogP contribution < -0.4 is 10.6 Å². The minimum atomic E-state index is 0.174. The Morgan fingerprint density at radius 2 is 1.85 bits per heavy atom. The minimum absolute atomic E-state index is 0.174. The molecular weight excluding hydrogens is 330 g/mol. The molecule has 1 fully saturated rings. The maximum absolute atomic E-state index is 11.3. The van der Waals surface area contributed by atoms with Gasteiger partial charge in [0.1, 0.15) is 0 Å². The molecule has 1 amide bonds. The van der Waals surface area contributed by atoms with Crippen LogP contribution in [-0.4, -0.2) is 84.3 Å². The molecule has 2 rings (SSSR count). The highest BCUT2D eigenvalue weighted by Crippen LogP contribution is 2.02. The van der Waals surface area contributed by atoms with Crippen LogP contribution >= 0.6 is 0 Å². The second-order valence-electron chi connectivity index (χ2n) is 6.78. The number of aromatic nitrogens is 2. The molecular formula is C18H33N7O. The van der Waals surface area contributed by atoms with E-state index in [1.807, 2.05) is 16.5 Å². The molecule has 0 unspecified atom stereocenters. The van der Waals surface area contributed by atoms with E-state index in [0.717, 1.165) is 70.4 Å².